The van der Waals surface area contributed by atoms with Gasteiger partial charge in [-0.05, 0) is 53.8 Å². The van der Waals surface area contributed by atoms with E-state index in [-0.39, 0.29) is 29.7 Å². The Bertz CT molecular complexity index is 1060. The molecule has 0 aromatic heterocycles. The van der Waals surface area contributed by atoms with Crippen molar-refractivity contribution in [3.05, 3.63) is 53.1 Å². The van der Waals surface area contributed by atoms with E-state index in [0.29, 0.717) is 17.0 Å². The molecule has 2 amide bonds. The number of nitrogens with one attached hydrogen (secondary N) is 3. The van der Waals surface area contributed by atoms with Crippen LogP contribution in [0.2, 0.25) is 0 Å². The molecule has 0 aliphatic carbocycles. The number of rotatable bonds is 7. The zero-order chi connectivity index (χ0) is 21.2. The lowest BCUT2D eigenvalue weighted by molar-refractivity contribution is -0.123. The van der Waals surface area contributed by atoms with Gasteiger partial charge in [0.1, 0.15) is 5.75 Å². The highest BCUT2D eigenvalue weighted by atomic mass is 32.2. The number of carbonyl (C=O) groups excluding carboxylic acids is 2. The minimum absolute atomic E-state index is 0.0465. The molecule has 9 heteroatoms. The normalized spacial score (nSPS) is 13.2. The lowest BCUT2D eigenvalue weighted by Gasteiger charge is -2.15. The van der Waals surface area contributed by atoms with Gasteiger partial charge in [0, 0.05) is 5.69 Å². The first-order chi connectivity index (χ1) is 13.7. The fourth-order valence-corrected chi connectivity index (χ4v) is 3.89. The molecule has 0 radical (unpaired) electrons. The fraction of sp³-hybridized carbons (Fsp3) is 0.300. The smallest absolute Gasteiger partial charge is 0.272 e. The van der Waals surface area contributed by atoms with Gasteiger partial charge in [0.2, 0.25) is 5.91 Å². The Morgan fingerprint density at radius 1 is 1.21 bits per heavy atom. The summed E-state index contributed by atoms with van der Waals surface area (Å²) in [4.78, 5) is 25.5. The van der Waals surface area contributed by atoms with Gasteiger partial charge in [-0.1, -0.05) is 26.0 Å². The van der Waals surface area contributed by atoms with E-state index >= 15 is 0 Å². The molecule has 1 aliphatic rings. The van der Waals surface area contributed by atoms with Gasteiger partial charge < -0.3 is 10.1 Å². The van der Waals surface area contributed by atoms with Crippen LogP contribution < -0.4 is 20.3 Å². The monoisotopic (exact) mass is 417 g/mol. The third-order valence-electron chi connectivity index (χ3n) is 4.49. The van der Waals surface area contributed by atoms with Crippen LogP contribution in [0.25, 0.3) is 0 Å². The van der Waals surface area contributed by atoms with Crippen LogP contribution in [0.4, 0.5) is 5.69 Å². The maximum Gasteiger partial charge on any atom is 0.272 e. The number of amides is 2. The zero-order valence-corrected chi connectivity index (χ0v) is 17.2. The van der Waals surface area contributed by atoms with Crippen LogP contribution in [-0.4, -0.2) is 26.8 Å². The first-order valence-corrected chi connectivity index (χ1v) is 10.6. The summed E-state index contributed by atoms with van der Waals surface area (Å²) < 4.78 is 30.4. The Balaban J connectivity index is 1.60. The third-order valence-corrected chi connectivity index (χ3v) is 5.73. The fourth-order valence-electron chi connectivity index (χ4n) is 2.98. The van der Waals surface area contributed by atoms with Crippen LogP contribution >= 0.6 is 0 Å². The summed E-state index contributed by atoms with van der Waals surface area (Å²) in [5.74, 6) is -0.0187. The molecule has 8 nitrogen and oxygen atoms in total. The molecular weight excluding hydrogens is 394 g/mol. The van der Waals surface area contributed by atoms with E-state index in [2.05, 4.69) is 10.7 Å². The Morgan fingerprint density at radius 2 is 1.97 bits per heavy atom. The first-order valence-electron chi connectivity index (χ1n) is 9.12. The molecule has 0 atom stereocenters. The number of benzene rings is 2. The molecular formula is C20H23N3O5S. The highest BCUT2D eigenvalue weighted by Crippen LogP contribution is 2.27. The molecule has 1 aliphatic heterocycles. The van der Waals surface area contributed by atoms with E-state index in [4.69, 9.17) is 4.74 Å². The highest BCUT2D eigenvalue weighted by molar-refractivity contribution is 7.89. The van der Waals surface area contributed by atoms with Crippen molar-refractivity contribution in [3.8, 4) is 5.75 Å². The predicted octanol–water partition coefficient (Wildman–Crippen LogP) is 2.00. The number of sulfonamides is 1. The molecule has 2 aromatic carbocycles. The quantitative estimate of drug-likeness (QED) is 0.597. The van der Waals surface area contributed by atoms with Crippen LogP contribution in [0.15, 0.2) is 41.3 Å². The number of hydrazine groups is 1. The Labute approximate surface area is 169 Å². The van der Waals surface area contributed by atoms with Crippen molar-refractivity contribution in [1.29, 1.82) is 0 Å². The van der Waals surface area contributed by atoms with Gasteiger partial charge in [0.25, 0.3) is 15.9 Å². The van der Waals surface area contributed by atoms with Crippen molar-refractivity contribution < 1.29 is 22.7 Å². The van der Waals surface area contributed by atoms with Gasteiger partial charge in [-0.2, -0.15) is 0 Å². The van der Waals surface area contributed by atoms with Crippen molar-refractivity contribution in [3.63, 3.8) is 0 Å². The van der Waals surface area contributed by atoms with E-state index in [1.807, 2.05) is 43.8 Å². The van der Waals surface area contributed by atoms with E-state index in [1.165, 1.54) is 18.2 Å². The number of aryl methyl sites for hydroxylation is 1. The van der Waals surface area contributed by atoms with Crippen LogP contribution in [0.1, 0.15) is 36.5 Å². The molecule has 3 N–H and O–H groups in total. The van der Waals surface area contributed by atoms with Crippen LogP contribution in [-0.2, 0) is 26.0 Å². The van der Waals surface area contributed by atoms with Crippen molar-refractivity contribution in [2.45, 2.75) is 38.0 Å². The summed E-state index contributed by atoms with van der Waals surface area (Å²) in [7, 11) is -3.98. The number of hydrogen-bond acceptors (Lipinski definition) is 5. The SMILES string of the molecule is Cc1ccc(C(C)C)c(OCC(=O)NNS(=O)(=O)c2ccc3c(c2)CC(=O)N3)c1. The van der Waals surface area contributed by atoms with Crippen LogP contribution in [0.5, 0.6) is 5.75 Å². The van der Waals surface area contributed by atoms with E-state index in [0.717, 1.165) is 11.1 Å². The average Bonchev–Trinajstić information content (AvgIpc) is 3.03. The predicted molar refractivity (Wildman–Crippen MR) is 108 cm³/mol. The molecule has 0 saturated heterocycles. The van der Waals surface area contributed by atoms with Gasteiger partial charge in [-0.3, -0.25) is 15.0 Å². The molecule has 0 unspecified atom stereocenters. The minimum Gasteiger partial charge on any atom is -0.483 e. The van der Waals surface area contributed by atoms with Crippen LogP contribution in [0, 0.1) is 6.92 Å². The summed E-state index contributed by atoms with van der Waals surface area (Å²) in [6.07, 6.45) is 0.119. The molecule has 0 saturated carbocycles. The second-order valence-corrected chi connectivity index (χ2v) is 8.86. The van der Waals surface area contributed by atoms with Gasteiger partial charge in [0.15, 0.2) is 6.61 Å². The molecule has 0 spiro atoms. The van der Waals surface area contributed by atoms with Crippen molar-refractivity contribution >= 4 is 27.5 Å². The lowest BCUT2D eigenvalue weighted by atomic mass is 10.0. The van der Waals surface area contributed by atoms with Gasteiger partial charge in [-0.15, -0.1) is 4.83 Å². The topological polar surface area (TPSA) is 114 Å². The number of ether oxygens (including phenoxy) is 1. The molecule has 29 heavy (non-hydrogen) atoms. The number of hydrogen-bond donors (Lipinski definition) is 3. The standard InChI is InChI=1S/C20H23N3O5S/c1-12(2)16-6-4-13(3)8-18(16)28-11-20(25)22-23-29(26,27)15-5-7-17-14(9-15)10-19(24)21-17/h4-9,12,23H,10-11H2,1-3H3,(H,21,24)(H,22,25). The molecule has 1 heterocycles. The minimum atomic E-state index is -3.98. The summed E-state index contributed by atoms with van der Waals surface area (Å²) in [6, 6.07) is 10.0. The molecule has 0 fully saturated rings. The second kappa shape index (κ2) is 8.22. The number of anilines is 1. The average molecular weight is 417 g/mol. The molecule has 3 rings (SSSR count). The highest BCUT2D eigenvalue weighted by Gasteiger charge is 2.22. The number of fused-ring (bicyclic) bond motifs is 1. The van der Waals surface area contributed by atoms with Gasteiger partial charge in [0.05, 0.1) is 11.3 Å². The largest absolute Gasteiger partial charge is 0.483 e. The molecule has 0 bridgehead atoms. The Hall–Kier alpha value is -2.91. The van der Waals surface area contributed by atoms with E-state index < -0.39 is 15.9 Å². The van der Waals surface area contributed by atoms with Crippen molar-refractivity contribution in [2.24, 2.45) is 0 Å². The van der Waals surface area contributed by atoms with Crippen LogP contribution in [0.3, 0.4) is 0 Å². The summed E-state index contributed by atoms with van der Waals surface area (Å²) in [6.45, 7) is 5.62. The second-order valence-electron chi connectivity index (χ2n) is 7.18. The number of carbonyl (C=O) groups is 2. The summed E-state index contributed by atoms with van der Waals surface area (Å²) in [5.41, 5.74) is 5.29. The molecule has 2 aromatic rings. The van der Waals surface area contributed by atoms with Gasteiger partial charge >= 0.3 is 0 Å². The lowest BCUT2D eigenvalue weighted by Crippen LogP contribution is -2.43. The molecule has 154 valence electrons. The Morgan fingerprint density at radius 3 is 2.69 bits per heavy atom. The van der Waals surface area contributed by atoms with E-state index in [1.54, 1.807) is 0 Å². The van der Waals surface area contributed by atoms with Crippen molar-refractivity contribution in [2.75, 3.05) is 11.9 Å². The zero-order valence-electron chi connectivity index (χ0n) is 16.4. The van der Waals surface area contributed by atoms with Crippen molar-refractivity contribution in [1.82, 2.24) is 10.3 Å². The van der Waals surface area contributed by atoms with Gasteiger partial charge in [-0.25, -0.2) is 8.42 Å². The van der Waals surface area contributed by atoms with E-state index in [9.17, 15) is 18.0 Å². The summed E-state index contributed by atoms with van der Waals surface area (Å²) in [5, 5.41) is 2.63. The Kier molecular flexibility index (Phi) is 5.90. The summed E-state index contributed by atoms with van der Waals surface area (Å²) >= 11 is 0. The maximum atomic E-state index is 12.4. The first kappa shape index (κ1) is 20.8. The third kappa shape index (κ3) is 4.93. The maximum absolute atomic E-state index is 12.4.